The standard InChI is InChI=1S/C15H20FNO/c1-12(18)17-9-3-5-14(11-17)8-7-13-4-2-6-15(16)10-13/h2,4,6,10,14H,3,5,7-9,11H2,1H3. The molecule has 0 radical (unpaired) electrons. The Bertz CT molecular complexity index is 419. The first-order chi connectivity index (χ1) is 8.65. The summed E-state index contributed by atoms with van der Waals surface area (Å²) in [7, 11) is 0. The van der Waals surface area contributed by atoms with E-state index in [1.807, 2.05) is 11.0 Å². The fourth-order valence-corrected chi connectivity index (χ4v) is 2.65. The molecule has 1 aromatic carbocycles. The number of piperidine rings is 1. The molecule has 2 nitrogen and oxygen atoms in total. The van der Waals surface area contributed by atoms with Gasteiger partial charge in [0.15, 0.2) is 0 Å². The number of rotatable bonds is 3. The third-order valence-electron chi connectivity index (χ3n) is 3.69. The SMILES string of the molecule is CC(=O)N1CCCC(CCc2cccc(F)c2)C1. The van der Waals surface area contributed by atoms with E-state index in [1.165, 1.54) is 12.5 Å². The summed E-state index contributed by atoms with van der Waals surface area (Å²) in [6.45, 7) is 3.39. The number of nitrogens with zero attached hydrogens (tertiary/aromatic N) is 1. The maximum absolute atomic E-state index is 13.0. The summed E-state index contributed by atoms with van der Waals surface area (Å²) in [4.78, 5) is 13.3. The number of likely N-dealkylation sites (tertiary alicyclic amines) is 1. The highest BCUT2D eigenvalue weighted by molar-refractivity contribution is 5.73. The van der Waals surface area contributed by atoms with Gasteiger partial charge in [-0.3, -0.25) is 4.79 Å². The average Bonchev–Trinajstić information content (AvgIpc) is 2.37. The molecule has 0 spiro atoms. The Morgan fingerprint density at radius 2 is 2.33 bits per heavy atom. The van der Waals surface area contributed by atoms with Crippen LogP contribution in [0.15, 0.2) is 24.3 Å². The van der Waals surface area contributed by atoms with E-state index >= 15 is 0 Å². The van der Waals surface area contributed by atoms with Gasteiger partial charge in [-0.05, 0) is 49.3 Å². The summed E-state index contributed by atoms with van der Waals surface area (Å²) >= 11 is 0. The van der Waals surface area contributed by atoms with Crippen molar-refractivity contribution in [3.63, 3.8) is 0 Å². The molecule has 1 atom stereocenters. The van der Waals surface area contributed by atoms with E-state index < -0.39 is 0 Å². The van der Waals surface area contributed by atoms with Crippen molar-refractivity contribution >= 4 is 5.91 Å². The highest BCUT2D eigenvalue weighted by Gasteiger charge is 2.21. The van der Waals surface area contributed by atoms with Gasteiger partial charge in [-0.2, -0.15) is 0 Å². The van der Waals surface area contributed by atoms with Crippen molar-refractivity contribution in [1.82, 2.24) is 4.90 Å². The van der Waals surface area contributed by atoms with Gasteiger partial charge in [-0.25, -0.2) is 4.39 Å². The van der Waals surface area contributed by atoms with Crippen LogP contribution >= 0.6 is 0 Å². The second kappa shape index (κ2) is 5.98. The van der Waals surface area contributed by atoms with Crippen LogP contribution in [-0.4, -0.2) is 23.9 Å². The summed E-state index contributed by atoms with van der Waals surface area (Å²) in [5, 5.41) is 0. The lowest BCUT2D eigenvalue weighted by molar-refractivity contribution is -0.130. The van der Waals surface area contributed by atoms with Crippen molar-refractivity contribution in [2.24, 2.45) is 5.92 Å². The minimum atomic E-state index is -0.165. The first-order valence-electron chi connectivity index (χ1n) is 6.65. The van der Waals surface area contributed by atoms with Gasteiger partial charge in [0.2, 0.25) is 5.91 Å². The number of carbonyl (C=O) groups excluding carboxylic acids is 1. The summed E-state index contributed by atoms with van der Waals surface area (Å²) in [6.07, 6.45) is 4.20. The molecule has 0 saturated carbocycles. The fraction of sp³-hybridized carbons (Fsp3) is 0.533. The minimum Gasteiger partial charge on any atom is -0.343 e. The zero-order valence-electron chi connectivity index (χ0n) is 10.9. The van der Waals surface area contributed by atoms with Crippen molar-refractivity contribution < 1.29 is 9.18 Å². The van der Waals surface area contributed by atoms with Crippen molar-refractivity contribution in [2.75, 3.05) is 13.1 Å². The molecular formula is C15H20FNO. The Hall–Kier alpha value is -1.38. The first kappa shape index (κ1) is 13.1. The number of hydrogen-bond donors (Lipinski definition) is 0. The van der Waals surface area contributed by atoms with E-state index in [4.69, 9.17) is 0 Å². The van der Waals surface area contributed by atoms with Gasteiger partial charge in [0.1, 0.15) is 5.82 Å². The van der Waals surface area contributed by atoms with Crippen LogP contribution in [0.25, 0.3) is 0 Å². The Morgan fingerprint density at radius 3 is 3.06 bits per heavy atom. The normalized spacial score (nSPS) is 19.9. The molecule has 0 aromatic heterocycles. The molecule has 1 aromatic rings. The van der Waals surface area contributed by atoms with E-state index in [9.17, 15) is 9.18 Å². The lowest BCUT2D eigenvalue weighted by atomic mass is 9.91. The predicted molar refractivity (Wildman–Crippen MR) is 69.7 cm³/mol. The van der Waals surface area contributed by atoms with Crippen molar-refractivity contribution in [3.05, 3.63) is 35.6 Å². The van der Waals surface area contributed by atoms with Gasteiger partial charge >= 0.3 is 0 Å². The zero-order valence-corrected chi connectivity index (χ0v) is 10.9. The number of hydrogen-bond acceptors (Lipinski definition) is 1. The van der Waals surface area contributed by atoms with Crippen LogP contribution in [0.1, 0.15) is 31.7 Å². The van der Waals surface area contributed by atoms with Crippen molar-refractivity contribution in [3.8, 4) is 0 Å². The average molecular weight is 249 g/mol. The number of halogens is 1. The molecule has 1 amide bonds. The Labute approximate surface area is 108 Å². The molecule has 0 N–H and O–H groups in total. The quantitative estimate of drug-likeness (QED) is 0.806. The topological polar surface area (TPSA) is 20.3 Å². The Morgan fingerprint density at radius 1 is 1.50 bits per heavy atom. The molecule has 18 heavy (non-hydrogen) atoms. The second-order valence-electron chi connectivity index (χ2n) is 5.14. The smallest absolute Gasteiger partial charge is 0.219 e. The second-order valence-corrected chi connectivity index (χ2v) is 5.14. The number of aryl methyl sites for hydroxylation is 1. The van der Waals surface area contributed by atoms with E-state index in [1.54, 1.807) is 19.1 Å². The van der Waals surface area contributed by atoms with Crippen LogP contribution in [0.3, 0.4) is 0 Å². The molecule has 3 heteroatoms. The van der Waals surface area contributed by atoms with Crippen LogP contribution in [0.2, 0.25) is 0 Å². The van der Waals surface area contributed by atoms with E-state index in [0.717, 1.165) is 37.9 Å². The molecule has 1 aliphatic rings. The van der Waals surface area contributed by atoms with E-state index in [-0.39, 0.29) is 11.7 Å². The molecule has 1 fully saturated rings. The molecule has 98 valence electrons. The predicted octanol–water partition coefficient (Wildman–Crippen LogP) is 3.02. The molecule has 1 unspecified atom stereocenters. The maximum Gasteiger partial charge on any atom is 0.219 e. The largest absolute Gasteiger partial charge is 0.343 e. The molecule has 0 aliphatic carbocycles. The molecule has 1 heterocycles. The Kier molecular flexibility index (Phi) is 4.34. The van der Waals surface area contributed by atoms with E-state index in [0.29, 0.717) is 5.92 Å². The molecule has 0 bridgehead atoms. The van der Waals surface area contributed by atoms with Gasteiger partial charge in [-0.1, -0.05) is 12.1 Å². The summed E-state index contributed by atoms with van der Waals surface area (Å²) in [6, 6.07) is 6.80. The minimum absolute atomic E-state index is 0.165. The van der Waals surface area contributed by atoms with Gasteiger partial charge < -0.3 is 4.90 Å². The van der Waals surface area contributed by atoms with Crippen molar-refractivity contribution in [1.29, 1.82) is 0 Å². The molecular weight excluding hydrogens is 229 g/mol. The summed E-state index contributed by atoms with van der Waals surface area (Å²) in [5.41, 5.74) is 1.05. The van der Waals surface area contributed by atoms with Crippen LogP contribution in [0.4, 0.5) is 4.39 Å². The highest BCUT2D eigenvalue weighted by atomic mass is 19.1. The fourth-order valence-electron chi connectivity index (χ4n) is 2.65. The monoisotopic (exact) mass is 249 g/mol. The lowest BCUT2D eigenvalue weighted by Crippen LogP contribution is -2.38. The van der Waals surface area contributed by atoms with Crippen LogP contribution in [0.5, 0.6) is 0 Å². The maximum atomic E-state index is 13.0. The third-order valence-corrected chi connectivity index (χ3v) is 3.69. The van der Waals surface area contributed by atoms with Crippen LogP contribution in [-0.2, 0) is 11.2 Å². The zero-order chi connectivity index (χ0) is 13.0. The van der Waals surface area contributed by atoms with Gasteiger partial charge in [0.05, 0.1) is 0 Å². The number of benzene rings is 1. The van der Waals surface area contributed by atoms with Gasteiger partial charge in [0.25, 0.3) is 0 Å². The third kappa shape index (κ3) is 3.56. The lowest BCUT2D eigenvalue weighted by Gasteiger charge is -2.32. The molecule has 1 aliphatic heterocycles. The summed E-state index contributed by atoms with van der Waals surface area (Å²) < 4.78 is 13.0. The molecule has 2 rings (SSSR count). The van der Waals surface area contributed by atoms with Crippen molar-refractivity contribution in [2.45, 2.75) is 32.6 Å². The number of amides is 1. The summed E-state index contributed by atoms with van der Waals surface area (Å²) in [5.74, 6) is 0.567. The van der Waals surface area contributed by atoms with Gasteiger partial charge in [0, 0.05) is 20.0 Å². The first-order valence-corrected chi connectivity index (χ1v) is 6.65. The van der Waals surface area contributed by atoms with Crippen LogP contribution < -0.4 is 0 Å². The number of carbonyl (C=O) groups is 1. The molecule has 1 saturated heterocycles. The van der Waals surface area contributed by atoms with E-state index in [2.05, 4.69) is 0 Å². The highest BCUT2D eigenvalue weighted by Crippen LogP contribution is 2.21. The van der Waals surface area contributed by atoms with Gasteiger partial charge in [-0.15, -0.1) is 0 Å². The van der Waals surface area contributed by atoms with Crippen LogP contribution in [0, 0.1) is 11.7 Å². The Balaban J connectivity index is 1.84.